The van der Waals surface area contributed by atoms with Crippen LogP contribution in [0.2, 0.25) is 0 Å². The Labute approximate surface area is 135 Å². The van der Waals surface area contributed by atoms with E-state index < -0.39 is 10.0 Å². The van der Waals surface area contributed by atoms with E-state index in [1.165, 1.54) is 13.2 Å². The van der Waals surface area contributed by atoms with Crippen molar-refractivity contribution in [1.82, 2.24) is 0 Å². The Balaban J connectivity index is 2.29. The number of methoxy groups -OCH3 is 1. The van der Waals surface area contributed by atoms with Crippen molar-refractivity contribution in [3.8, 4) is 5.75 Å². The number of nitrogens with one attached hydrogen (secondary N) is 2. The van der Waals surface area contributed by atoms with E-state index >= 15 is 0 Å². The molecule has 1 amide bonds. The van der Waals surface area contributed by atoms with Crippen LogP contribution < -0.4 is 14.8 Å². The van der Waals surface area contributed by atoms with Crippen LogP contribution in [0.3, 0.4) is 0 Å². The van der Waals surface area contributed by atoms with Gasteiger partial charge in [0.05, 0.1) is 19.1 Å². The number of carbonyl (C=O) groups is 1. The Bertz CT molecular complexity index is 832. The molecular weight excluding hydrogens is 316 g/mol. The summed E-state index contributed by atoms with van der Waals surface area (Å²) in [5.74, 6) is 0.0999. The summed E-state index contributed by atoms with van der Waals surface area (Å²) >= 11 is 0. The fourth-order valence-corrected chi connectivity index (χ4v) is 2.65. The summed E-state index contributed by atoms with van der Waals surface area (Å²) < 4.78 is 30.3. The molecule has 0 bridgehead atoms. The van der Waals surface area contributed by atoms with Crippen molar-refractivity contribution < 1.29 is 17.9 Å². The number of ether oxygens (including phenoxy) is 1. The summed E-state index contributed by atoms with van der Waals surface area (Å²) in [7, 11) is -2.02. The van der Waals surface area contributed by atoms with Gasteiger partial charge in [-0.2, -0.15) is 0 Å². The van der Waals surface area contributed by atoms with Crippen LogP contribution in [0.4, 0.5) is 11.4 Å². The second-order valence-electron chi connectivity index (χ2n) is 5.06. The molecule has 0 saturated carbocycles. The van der Waals surface area contributed by atoms with E-state index in [2.05, 4.69) is 10.0 Å². The zero-order valence-electron chi connectivity index (χ0n) is 13.1. The van der Waals surface area contributed by atoms with Crippen molar-refractivity contribution in [2.45, 2.75) is 6.92 Å². The molecule has 0 spiro atoms. The average molecular weight is 334 g/mol. The van der Waals surface area contributed by atoms with Gasteiger partial charge in [0.15, 0.2) is 0 Å². The normalized spacial score (nSPS) is 10.9. The molecule has 0 radical (unpaired) electrons. The molecule has 0 saturated heterocycles. The van der Waals surface area contributed by atoms with Crippen LogP contribution in [0.5, 0.6) is 5.75 Å². The van der Waals surface area contributed by atoms with E-state index in [4.69, 9.17) is 4.74 Å². The van der Waals surface area contributed by atoms with Gasteiger partial charge in [0.1, 0.15) is 5.75 Å². The number of aryl methyl sites for hydroxylation is 1. The molecule has 0 atom stereocenters. The molecule has 0 heterocycles. The maximum absolute atomic E-state index is 12.3. The number of amides is 1. The summed E-state index contributed by atoms with van der Waals surface area (Å²) in [6.07, 6.45) is 1.05. The minimum atomic E-state index is -3.46. The summed E-state index contributed by atoms with van der Waals surface area (Å²) in [5, 5.41) is 2.75. The van der Waals surface area contributed by atoms with Crippen molar-refractivity contribution in [3.63, 3.8) is 0 Å². The Morgan fingerprint density at radius 3 is 2.43 bits per heavy atom. The number of hydrogen-bond acceptors (Lipinski definition) is 4. The first-order valence-corrected chi connectivity index (χ1v) is 8.72. The lowest BCUT2D eigenvalue weighted by atomic mass is 10.1. The van der Waals surface area contributed by atoms with Crippen molar-refractivity contribution >= 4 is 27.3 Å². The molecule has 0 fully saturated rings. The summed E-state index contributed by atoms with van der Waals surface area (Å²) in [4.78, 5) is 12.3. The third-order valence-corrected chi connectivity index (χ3v) is 3.73. The first-order chi connectivity index (χ1) is 10.8. The molecule has 6 nitrogen and oxygen atoms in total. The highest BCUT2D eigenvalue weighted by molar-refractivity contribution is 7.92. The predicted molar refractivity (Wildman–Crippen MR) is 90.6 cm³/mol. The van der Waals surface area contributed by atoms with Crippen molar-refractivity contribution in [1.29, 1.82) is 0 Å². The van der Waals surface area contributed by atoms with Gasteiger partial charge in [0, 0.05) is 11.3 Å². The molecule has 0 aromatic heterocycles. The Hall–Kier alpha value is -2.54. The molecule has 0 aliphatic heterocycles. The van der Waals surface area contributed by atoms with Gasteiger partial charge in [-0.1, -0.05) is 18.2 Å². The lowest BCUT2D eigenvalue weighted by Gasteiger charge is -2.13. The molecular formula is C16H18N2O4S. The minimum absolute atomic E-state index is 0.262. The second-order valence-corrected chi connectivity index (χ2v) is 6.81. The van der Waals surface area contributed by atoms with E-state index in [9.17, 15) is 13.2 Å². The summed E-state index contributed by atoms with van der Waals surface area (Å²) in [6.45, 7) is 1.85. The monoisotopic (exact) mass is 334 g/mol. The maximum atomic E-state index is 12.3. The van der Waals surface area contributed by atoms with Crippen LogP contribution in [0.25, 0.3) is 0 Å². The molecule has 0 aliphatic carbocycles. The third kappa shape index (κ3) is 4.46. The predicted octanol–water partition coefficient (Wildman–Crippen LogP) is 2.63. The second kappa shape index (κ2) is 6.70. The van der Waals surface area contributed by atoms with Crippen molar-refractivity contribution in [2.75, 3.05) is 23.4 Å². The fraction of sp³-hybridized carbons (Fsp3) is 0.188. The molecule has 7 heteroatoms. The van der Waals surface area contributed by atoms with Crippen LogP contribution >= 0.6 is 0 Å². The molecule has 122 valence electrons. The van der Waals surface area contributed by atoms with Crippen LogP contribution in [0.1, 0.15) is 15.9 Å². The number of rotatable bonds is 5. The fourth-order valence-electron chi connectivity index (χ4n) is 2.09. The van der Waals surface area contributed by atoms with Gasteiger partial charge >= 0.3 is 0 Å². The highest BCUT2D eigenvalue weighted by Crippen LogP contribution is 2.28. The number of benzene rings is 2. The smallest absolute Gasteiger partial charge is 0.255 e. The average Bonchev–Trinajstić information content (AvgIpc) is 2.46. The first kappa shape index (κ1) is 16.8. The van der Waals surface area contributed by atoms with E-state index in [0.29, 0.717) is 17.0 Å². The van der Waals surface area contributed by atoms with E-state index in [1.807, 2.05) is 19.1 Å². The van der Waals surface area contributed by atoms with E-state index in [-0.39, 0.29) is 11.6 Å². The molecule has 0 unspecified atom stereocenters. The Morgan fingerprint density at radius 2 is 1.83 bits per heavy atom. The van der Waals surface area contributed by atoms with Gasteiger partial charge < -0.3 is 10.1 Å². The molecule has 23 heavy (non-hydrogen) atoms. The van der Waals surface area contributed by atoms with Gasteiger partial charge in [0.25, 0.3) is 5.91 Å². The Kier molecular flexibility index (Phi) is 4.90. The maximum Gasteiger partial charge on any atom is 0.255 e. The van der Waals surface area contributed by atoms with Crippen LogP contribution in [-0.2, 0) is 10.0 Å². The highest BCUT2D eigenvalue weighted by Gasteiger charge is 2.12. The van der Waals surface area contributed by atoms with Gasteiger partial charge in [-0.05, 0) is 36.8 Å². The van der Waals surface area contributed by atoms with Crippen LogP contribution in [0.15, 0.2) is 42.5 Å². The van der Waals surface area contributed by atoms with Crippen molar-refractivity contribution in [2.24, 2.45) is 0 Å². The van der Waals surface area contributed by atoms with Gasteiger partial charge in [0.2, 0.25) is 10.0 Å². The molecule has 0 aliphatic rings. The number of sulfonamides is 1. The highest BCUT2D eigenvalue weighted by atomic mass is 32.2. The Morgan fingerprint density at radius 1 is 1.13 bits per heavy atom. The zero-order chi connectivity index (χ0) is 17.0. The van der Waals surface area contributed by atoms with Crippen LogP contribution in [-0.4, -0.2) is 27.7 Å². The number of anilines is 2. The topological polar surface area (TPSA) is 84.5 Å². The SMILES string of the molecule is COc1ccc(NC(=O)c2ccccc2C)cc1NS(C)(=O)=O. The van der Waals surface area contributed by atoms with Crippen molar-refractivity contribution in [3.05, 3.63) is 53.6 Å². The summed E-state index contributed by atoms with van der Waals surface area (Å²) in [5.41, 5.74) is 2.14. The van der Waals surface area contributed by atoms with E-state index in [0.717, 1.165) is 11.8 Å². The van der Waals surface area contributed by atoms with E-state index in [1.54, 1.807) is 24.3 Å². The van der Waals surface area contributed by atoms with Crippen LogP contribution in [0, 0.1) is 6.92 Å². The standard InChI is InChI=1S/C16H18N2O4S/c1-11-6-4-5-7-13(11)16(19)17-12-8-9-15(22-2)14(10-12)18-23(3,20)21/h4-10,18H,1-3H3,(H,17,19). The molecule has 2 aromatic carbocycles. The first-order valence-electron chi connectivity index (χ1n) is 6.83. The summed E-state index contributed by atoms with van der Waals surface area (Å²) in [6, 6.07) is 11.9. The van der Waals surface area contributed by atoms with Gasteiger partial charge in [-0.3, -0.25) is 9.52 Å². The molecule has 2 N–H and O–H groups in total. The lowest BCUT2D eigenvalue weighted by Crippen LogP contribution is -2.14. The number of hydrogen-bond donors (Lipinski definition) is 2. The zero-order valence-corrected chi connectivity index (χ0v) is 13.9. The molecule has 2 rings (SSSR count). The number of carbonyl (C=O) groups excluding carboxylic acids is 1. The quantitative estimate of drug-likeness (QED) is 0.880. The van der Waals surface area contributed by atoms with Gasteiger partial charge in [-0.15, -0.1) is 0 Å². The largest absolute Gasteiger partial charge is 0.495 e. The van der Waals surface area contributed by atoms with Gasteiger partial charge in [-0.25, -0.2) is 8.42 Å². The minimum Gasteiger partial charge on any atom is -0.495 e. The third-order valence-electron chi connectivity index (χ3n) is 3.14. The molecule has 2 aromatic rings. The lowest BCUT2D eigenvalue weighted by molar-refractivity contribution is 0.102.